The standard InChI is InChI=1S/C21H27N3O2/c1-26-20-10-6-5-9-19(20)24-13-11-17(12-14-24)23-21(25)18(22)15-16-7-3-2-4-8-16/h2-10,17-18H,11-15,22H2,1H3,(H,23,25). The molecule has 0 aromatic heterocycles. The first-order chi connectivity index (χ1) is 12.7. The smallest absolute Gasteiger partial charge is 0.237 e. The number of amides is 1. The first-order valence-corrected chi connectivity index (χ1v) is 9.15. The molecule has 3 N–H and O–H groups in total. The van der Waals surface area contributed by atoms with Crippen molar-refractivity contribution in [3.63, 3.8) is 0 Å². The lowest BCUT2D eigenvalue weighted by molar-refractivity contribution is -0.123. The van der Waals surface area contributed by atoms with Gasteiger partial charge in [-0.05, 0) is 37.0 Å². The summed E-state index contributed by atoms with van der Waals surface area (Å²) in [6.07, 6.45) is 2.37. The Morgan fingerprint density at radius 1 is 1.15 bits per heavy atom. The number of piperidine rings is 1. The van der Waals surface area contributed by atoms with Crippen LogP contribution in [0.15, 0.2) is 54.6 Å². The number of hydrogen-bond acceptors (Lipinski definition) is 4. The number of para-hydroxylation sites is 2. The molecule has 1 heterocycles. The van der Waals surface area contributed by atoms with Crippen LogP contribution in [0, 0.1) is 0 Å². The van der Waals surface area contributed by atoms with Crippen molar-refractivity contribution in [1.29, 1.82) is 0 Å². The molecule has 1 atom stereocenters. The molecule has 0 spiro atoms. The lowest BCUT2D eigenvalue weighted by atomic mass is 10.0. The lowest BCUT2D eigenvalue weighted by Gasteiger charge is -2.35. The number of hydrogen-bond donors (Lipinski definition) is 2. The number of methoxy groups -OCH3 is 1. The Hall–Kier alpha value is -2.53. The second-order valence-corrected chi connectivity index (χ2v) is 6.74. The molecule has 0 radical (unpaired) electrons. The summed E-state index contributed by atoms with van der Waals surface area (Å²) < 4.78 is 5.45. The van der Waals surface area contributed by atoms with Crippen molar-refractivity contribution in [2.45, 2.75) is 31.3 Å². The molecule has 1 aliphatic rings. The van der Waals surface area contributed by atoms with E-state index >= 15 is 0 Å². The number of rotatable bonds is 6. The zero-order valence-corrected chi connectivity index (χ0v) is 15.2. The average molecular weight is 353 g/mol. The summed E-state index contributed by atoms with van der Waals surface area (Å²) in [4.78, 5) is 14.7. The molecule has 5 nitrogen and oxygen atoms in total. The summed E-state index contributed by atoms with van der Waals surface area (Å²) in [7, 11) is 1.69. The Bertz CT molecular complexity index is 712. The van der Waals surface area contributed by atoms with Crippen molar-refractivity contribution in [2.24, 2.45) is 5.73 Å². The molecule has 2 aromatic rings. The molecule has 26 heavy (non-hydrogen) atoms. The molecule has 0 aliphatic carbocycles. The van der Waals surface area contributed by atoms with Gasteiger partial charge in [0.25, 0.3) is 0 Å². The second kappa shape index (κ2) is 8.72. The Morgan fingerprint density at radius 3 is 2.50 bits per heavy atom. The van der Waals surface area contributed by atoms with Crippen molar-refractivity contribution in [3.05, 3.63) is 60.2 Å². The summed E-state index contributed by atoms with van der Waals surface area (Å²) in [6.45, 7) is 1.78. The summed E-state index contributed by atoms with van der Waals surface area (Å²) >= 11 is 0. The van der Waals surface area contributed by atoms with E-state index in [0.29, 0.717) is 6.42 Å². The van der Waals surface area contributed by atoms with Crippen LogP contribution in [0.1, 0.15) is 18.4 Å². The molecule has 1 unspecified atom stereocenters. The van der Waals surface area contributed by atoms with Crippen LogP contribution in [-0.2, 0) is 11.2 Å². The molecule has 1 aliphatic heterocycles. The highest BCUT2D eigenvalue weighted by Crippen LogP contribution is 2.29. The maximum Gasteiger partial charge on any atom is 0.237 e. The predicted molar refractivity (Wildman–Crippen MR) is 104 cm³/mol. The number of benzene rings is 2. The van der Waals surface area contributed by atoms with Gasteiger partial charge < -0.3 is 20.7 Å². The van der Waals surface area contributed by atoms with Crippen LogP contribution in [0.2, 0.25) is 0 Å². The van der Waals surface area contributed by atoms with Gasteiger partial charge in [0.2, 0.25) is 5.91 Å². The molecule has 0 saturated carbocycles. The monoisotopic (exact) mass is 353 g/mol. The number of nitrogens with one attached hydrogen (secondary N) is 1. The molecule has 138 valence electrons. The van der Waals surface area contributed by atoms with E-state index < -0.39 is 6.04 Å². The largest absolute Gasteiger partial charge is 0.495 e. The minimum atomic E-state index is -0.510. The van der Waals surface area contributed by atoms with E-state index in [9.17, 15) is 4.79 Å². The van der Waals surface area contributed by atoms with Gasteiger partial charge in [-0.25, -0.2) is 0 Å². The second-order valence-electron chi connectivity index (χ2n) is 6.74. The van der Waals surface area contributed by atoms with Crippen molar-refractivity contribution in [1.82, 2.24) is 5.32 Å². The SMILES string of the molecule is COc1ccccc1N1CCC(NC(=O)C(N)Cc2ccccc2)CC1. The fraction of sp³-hybridized carbons (Fsp3) is 0.381. The molecule has 1 saturated heterocycles. The van der Waals surface area contributed by atoms with Gasteiger partial charge in [0.15, 0.2) is 0 Å². The fourth-order valence-electron chi connectivity index (χ4n) is 3.42. The lowest BCUT2D eigenvalue weighted by Crippen LogP contribution is -2.50. The zero-order valence-electron chi connectivity index (χ0n) is 15.2. The summed E-state index contributed by atoms with van der Waals surface area (Å²) in [5.41, 5.74) is 8.28. The van der Waals surface area contributed by atoms with Crippen molar-refractivity contribution in [3.8, 4) is 5.75 Å². The number of carbonyl (C=O) groups excluding carboxylic acids is 1. The van der Waals surface area contributed by atoms with Crippen LogP contribution < -0.4 is 20.7 Å². The third kappa shape index (κ3) is 4.55. The quantitative estimate of drug-likeness (QED) is 0.837. The zero-order chi connectivity index (χ0) is 18.4. The first kappa shape index (κ1) is 18.3. The van der Waals surface area contributed by atoms with Crippen LogP contribution in [0.5, 0.6) is 5.75 Å². The average Bonchev–Trinajstić information content (AvgIpc) is 2.69. The van der Waals surface area contributed by atoms with Gasteiger partial charge >= 0.3 is 0 Å². The van der Waals surface area contributed by atoms with Gasteiger partial charge in [0.1, 0.15) is 5.75 Å². The minimum Gasteiger partial charge on any atom is -0.495 e. The first-order valence-electron chi connectivity index (χ1n) is 9.15. The summed E-state index contributed by atoms with van der Waals surface area (Å²) in [6, 6.07) is 17.6. The van der Waals surface area contributed by atoms with Gasteiger partial charge in [-0.1, -0.05) is 42.5 Å². The normalized spacial score (nSPS) is 16.2. The van der Waals surface area contributed by atoms with E-state index in [1.165, 1.54) is 0 Å². The maximum absolute atomic E-state index is 12.4. The van der Waals surface area contributed by atoms with Crippen LogP contribution in [0.25, 0.3) is 0 Å². The number of ether oxygens (including phenoxy) is 1. The summed E-state index contributed by atoms with van der Waals surface area (Å²) in [5.74, 6) is 0.824. The van der Waals surface area contributed by atoms with Crippen LogP contribution in [-0.4, -0.2) is 38.2 Å². The van der Waals surface area contributed by atoms with Gasteiger partial charge in [0, 0.05) is 19.1 Å². The van der Waals surface area contributed by atoms with Crippen molar-refractivity contribution >= 4 is 11.6 Å². The highest BCUT2D eigenvalue weighted by molar-refractivity contribution is 5.82. The van der Waals surface area contributed by atoms with E-state index in [-0.39, 0.29) is 11.9 Å². The molecule has 2 aromatic carbocycles. The van der Waals surface area contributed by atoms with Gasteiger partial charge in [-0.15, -0.1) is 0 Å². The summed E-state index contributed by atoms with van der Waals surface area (Å²) in [5, 5.41) is 3.12. The maximum atomic E-state index is 12.4. The third-order valence-corrected chi connectivity index (χ3v) is 4.90. The van der Waals surface area contributed by atoms with Crippen LogP contribution >= 0.6 is 0 Å². The van der Waals surface area contributed by atoms with Gasteiger partial charge in [0.05, 0.1) is 18.8 Å². The molecular formula is C21H27N3O2. The molecule has 1 fully saturated rings. The molecule has 5 heteroatoms. The van der Waals surface area contributed by atoms with Crippen molar-refractivity contribution in [2.75, 3.05) is 25.1 Å². The number of nitrogens with two attached hydrogens (primary N) is 1. The molecule has 3 rings (SSSR count). The van der Waals surface area contributed by atoms with Crippen LogP contribution in [0.3, 0.4) is 0 Å². The van der Waals surface area contributed by atoms with E-state index in [4.69, 9.17) is 10.5 Å². The van der Waals surface area contributed by atoms with E-state index in [2.05, 4.69) is 16.3 Å². The van der Waals surface area contributed by atoms with Crippen LogP contribution in [0.4, 0.5) is 5.69 Å². The number of nitrogens with zero attached hydrogens (tertiary/aromatic N) is 1. The Kier molecular flexibility index (Phi) is 6.12. The topological polar surface area (TPSA) is 67.6 Å². The Labute approximate surface area is 155 Å². The number of anilines is 1. The third-order valence-electron chi connectivity index (χ3n) is 4.90. The molecule has 1 amide bonds. The fourth-order valence-corrected chi connectivity index (χ4v) is 3.42. The predicted octanol–water partition coefficient (Wildman–Crippen LogP) is 2.35. The van der Waals surface area contributed by atoms with E-state index in [1.807, 2.05) is 48.5 Å². The molecular weight excluding hydrogens is 326 g/mol. The number of carbonyl (C=O) groups is 1. The highest BCUT2D eigenvalue weighted by Gasteiger charge is 2.24. The van der Waals surface area contributed by atoms with Gasteiger partial charge in [-0.3, -0.25) is 4.79 Å². The van der Waals surface area contributed by atoms with E-state index in [0.717, 1.165) is 42.9 Å². The van der Waals surface area contributed by atoms with Crippen molar-refractivity contribution < 1.29 is 9.53 Å². The Morgan fingerprint density at radius 2 is 1.81 bits per heavy atom. The van der Waals surface area contributed by atoms with E-state index in [1.54, 1.807) is 7.11 Å². The van der Waals surface area contributed by atoms with Gasteiger partial charge in [-0.2, -0.15) is 0 Å². The Balaban J connectivity index is 1.50. The minimum absolute atomic E-state index is 0.0652. The molecule has 0 bridgehead atoms. The highest BCUT2D eigenvalue weighted by atomic mass is 16.5.